The number of rotatable bonds is 5. The number of imide groups is 1. The second-order valence-corrected chi connectivity index (χ2v) is 7.33. The van der Waals surface area contributed by atoms with Crippen molar-refractivity contribution >= 4 is 23.5 Å². The van der Waals surface area contributed by atoms with Gasteiger partial charge in [0.2, 0.25) is 0 Å². The fraction of sp³-hybridized carbons (Fsp3) is 0.318. The number of halogens is 1. The molecule has 8 heteroatoms. The first-order valence-electron chi connectivity index (χ1n) is 9.87. The van der Waals surface area contributed by atoms with Gasteiger partial charge in [-0.3, -0.25) is 9.59 Å². The van der Waals surface area contributed by atoms with Gasteiger partial charge in [0.05, 0.1) is 5.69 Å². The number of carbonyl (C=O) groups is 3. The zero-order chi connectivity index (χ0) is 21.1. The normalized spacial score (nSPS) is 17.6. The maximum Gasteiger partial charge on any atom is 0.332 e. The number of piperidine rings is 1. The monoisotopic (exact) mass is 411 g/mol. The van der Waals surface area contributed by atoms with Crippen LogP contribution in [-0.4, -0.2) is 59.9 Å². The molecule has 2 aliphatic rings. The quantitative estimate of drug-likeness (QED) is 0.710. The average Bonchev–Trinajstić information content (AvgIpc) is 3.07. The molecule has 2 fully saturated rings. The molecule has 30 heavy (non-hydrogen) atoms. The van der Waals surface area contributed by atoms with Crippen LogP contribution >= 0.6 is 0 Å². The number of ether oxygens (including phenoxy) is 1. The largest absolute Gasteiger partial charge is 0.484 e. The minimum atomic E-state index is -0.364. The summed E-state index contributed by atoms with van der Waals surface area (Å²) in [6, 6.07) is 14.0. The summed E-state index contributed by atoms with van der Waals surface area (Å²) in [6.07, 6.45) is 1.20. The van der Waals surface area contributed by atoms with E-state index in [1.807, 2.05) is 6.07 Å². The van der Waals surface area contributed by atoms with Crippen LogP contribution in [0.3, 0.4) is 0 Å². The molecular formula is C22H22FN3O4. The SMILES string of the molecule is O=C(COc1ccc(F)cc1)N1CCC(N2CC(=O)N(c3ccccc3)C2=O)CC1. The Bertz CT molecular complexity index is 927. The molecule has 4 amide bonds. The van der Waals surface area contributed by atoms with Crippen molar-refractivity contribution in [2.24, 2.45) is 0 Å². The Labute approximate surface area is 173 Å². The highest BCUT2D eigenvalue weighted by Gasteiger charge is 2.41. The summed E-state index contributed by atoms with van der Waals surface area (Å²) in [4.78, 5) is 42.1. The molecule has 0 bridgehead atoms. The van der Waals surface area contributed by atoms with Crippen LogP contribution in [-0.2, 0) is 9.59 Å². The van der Waals surface area contributed by atoms with E-state index in [0.29, 0.717) is 37.4 Å². The van der Waals surface area contributed by atoms with Crippen LogP contribution in [0.4, 0.5) is 14.9 Å². The maximum atomic E-state index is 12.9. The molecule has 156 valence electrons. The zero-order valence-corrected chi connectivity index (χ0v) is 16.4. The summed E-state index contributed by atoms with van der Waals surface area (Å²) in [5, 5.41) is 0. The fourth-order valence-electron chi connectivity index (χ4n) is 3.83. The molecule has 2 aromatic rings. The molecule has 2 heterocycles. The first-order chi connectivity index (χ1) is 14.5. The van der Waals surface area contributed by atoms with E-state index in [4.69, 9.17) is 4.74 Å². The number of benzene rings is 2. The summed E-state index contributed by atoms with van der Waals surface area (Å²) >= 11 is 0. The molecule has 0 unspecified atom stereocenters. The van der Waals surface area contributed by atoms with Crippen molar-refractivity contribution in [3.63, 3.8) is 0 Å². The number of nitrogens with zero attached hydrogens (tertiary/aromatic N) is 3. The number of hydrogen-bond donors (Lipinski definition) is 0. The highest BCUT2D eigenvalue weighted by atomic mass is 19.1. The Hall–Kier alpha value is -3.42. The lowest BCUT2D eigenvalue weighted by molar-refractivity contribution is -0.134. The van der Waals surface area contributed by atoms with Gasteiger partial charge in [-0.1, -0.05) is 18.2 Å². The second-order valence-electron chi connectivity index (χ2n) is 7.33. The lowest BCUT2D eigenvalue weighted by Gasteiger charge is -2.36. The molecule has 0 atom stereocenters. The predicted molar refractivity (Wildman–Crippen MR) is 108 cm³/mol. The van der Waals surface area contributed by atoms with Crippen molar-refractivity contribution in [2.45, 2.75) is 18.9 Å². The zero-order valence-electron chi connectivity index (χ0n) is 16.4. The van der Waals surface area contributed by atoms with Crippen molar-refractivity contribution in [1.29, 1.82) is 0 Å². The third-order valence-electron chi connectivity index (χ3n) is 5.44. The van der Waals surface area contributed by atoms with E-state index < -0.39 is 0 Å². The highest BCUT2D eigenvalue weighted by Crippen LogP contribution is 2.26. The number of likely N-dealkylation sites (tertiary alicyclic amines) is 1. The summed E-state index contributed by atoms with van der Waals surface area (Å²) in [5.41, 5.74) is 0.570. The average molecular weight is 411 g/mol. The van der Waals surface area contributed by atoms with Gasteiger partial charge in [0.25, 0.3) is 11.8 Å². The van der Waals surface area contributed by atoms with Crippen LogP contribution in [0.5, 0.6) is 5.75 Å². The standard InChI is InChI=1S/C22H22FN3O4/c23-16-6-8-19(9-7-16)30-15-21(28)24-12-10-17(11-13-24)25-14-20(27)26(22(25)29)18-4-2-1-3-5-18/h1-9,17H,10-15H2. The number of para-hydroxylation sites is 1. The van der Waals surface area contributed by atoms with Gasteiger partial charge in [0.15, 0.2) is 6.61 Å². The van der Waals surface area contributed by atoms with Crippen LogP contribution in [0.15, 0.2) is 54.6 Å². The minimum absolute atomic E-state index is 0.0556. The van der Waals surface area contributed by atoms with Crippen molar-refractivity contribution in [3.05, 3.63) is 60.4 Å². The fourth-order valence-corrected chi connectivity index (χ4v) is 3.83. The molecule has 0 aromatic heterocycles. The summed E-state index contributed by atoms with van der Waals surface area (Å²) < 4.78 is 18.4. The smallest absolute Gasteiger partial charge is 0.332 e. The molecule has 0 radical (unpaired) electrons. The van der Waals surface area contributed by atoms with Crippen LogP contribution < -0.4 is 9.64 Å². The molecule has 0 aliphatic carbocycles. The molecule has 0 N–H and O–H groups in total. The Balaban J connectivity index is 1.30. The van der Waals surface area contributed by atoms with Crippen molar-refractivity contribution < 1.29 is 23.5 Å². The Morgan fingerprint density at radius 1 is 1.00 bits per heavy atom. The molecule has 4 rings (SSSR count). The molecule has 2 saturated heterocycles. The van der Waals surface area contributed by atoms with Crippen LogP contribution in [0.2, 0.25) is 0 Å². The van der Waals surface area contributed by atoms with Gasteiger partial charge in [-0.05, 0) is 49.2 Å². The van der Waals surface area contributed by atoms with Crippen molar-refractivity contribution in [1.82, 2.24) is 9.80 Å². The van der Waals surface area contributed by atoms with Gasteiger partial charge >= 0.3 is 6.03 Å². The number of urea groups is 1. The van der Waals surface area contributed by atoms with Gasteiger partial charge in [0, 0.05) is 19.1 Å². The van der Waals surface area contributed by atoms with E-state index in [-0.39, 0.29) is 42.9 Å². The van der Waals surface area contributed by atoms with E-state index in [9.17, 15) is 18.8 Å². The minimum Gasteiger partial charge on any atom is -0.484 e. The topological polar surface area (TPSA) is 70.2 Å². The number of anilines is 1. The van der Waals surface area contributed by atoms with Crippen LogP contribution in [0, 0.1) is 5.82 Å². The van der Waals surface area contributed by atoms with Crippen LogP contribution in [0.25, 0.3) is 0 Å². The van der Waals surface area contributed by atoms with E-state index in [2.05, 4.69) is 0 Å². The van der Waals surface area contributed by atoms with Crippen molar-refractivity contribution in [3.8, 4) is 5.75 Å². The summed E-state index contributed by atoms with van der Waals surface area (Å²) in [7, 11) is 0. The van der Waals surface area contributed by atoms with Gasteiger partial charge in [-0.2, -0.15) is 0 Å². The van der Waals surface area contributed by atoms with E-state index in [0.717, 1.165) is 0 Å². The molecule has 2 aromatic carbocycles. The summed E-state index contributed by atoms with van der Waals surface area (Å²) in [5.74, 6) is -0.330. The lowest BCUT2D eigenvalue weighted by Crippen LogP contribution is -2.49. The Kier molecular flexibility index (Phi) is 5.65. The first kappa shape index (κ1) is 19.9. The Morgan fingerprint density at radius 2 is 1.67 bits per heavy atom. The van der Waals surface area contributed by atoms with Gasteiger partial charge in [-0.15, -0.1) is 0 Å². The third-order valence-corrected chi connectivity index (χ3v) is 5.44. The van der Waals surface area contributed by atoms with Gasteiger partial charge in [0.1, 0.15) is 18.1 Å². The second kappa shape index (κ2) is 8.52. The Morgan fingerprint density at radius 3 is 2.33 bits per heavy atom. The number of carbonyl (C=O) groups excluding carboxylic acids is 3. The van der Waals surface area contributed by atoms with Crippen molar-refractivity contribution in [2.75, 3.05) is 31.1 Å². The van der Waals surface area contributed by atoms with E-state index in [1.54, 1.807) is 34.1 Å². The third kappa shape index (κ3) is 4.12. The maximum absolute atomic E-state index is 12.9. The van der Waals surface area contributed by atoms with E-state index in [1.165, 1.54) is 29.2 Å². The van der Waals surface area contributed by atoms with Gasteiger partial charge < -0.3 is 14.5 Å². The molecule has 0 saturated carbocycles. The van der Waals surface area contributed by atoms with E-state index >= 15 is 0 Å². The van der Waals surface area contributed by atoms with Gasteiger partial charge in [-0.25, -0.2) is 14.1 Å². The molecular weight excluding hydrogens is 389 g/mol. The first-order valence-corrected chi connectivity index (χ1v) is 9.87. The number of hydrogen-bond acceptors (Lipinski definition) is 4. The molecule has 2 aliphatic heterocycles. The number of amides is 4. The molecule has 7 nitrogen and oxygen atoms in total. The molecule has 0 spiro atoms. The summed E-state index contributed by atoms with van der Waals surface area (Å²) in [6.45, 7) is 0.901. The van der Waals surface area contributed by atoms with Crippen LogP contribution in [0.1, 0.15) is 12.8 Å². The highest BCUT2D eigenvalue weighted by molar-refractivity contribution is 6.19. The lowest BCUT2D eigenvalue weighted by atomic mass is 10.0. The predicted octanol–water partition coefficient (Wildman–Crippen LogP) is 2.66.